The van der Waals surface area contributed by atoms with Crippen LogP contribution in [0.15, 0.2) is 91.0 Å². The number of nitrogen functional groups attached to an aromatic ring is 1. The zero-order valence-electron chi connectivity index (χ0n) is 17.2. The average Bonchev–Trinajstić information content (AvgIpc) is 2.99. The molecule has 0 radical (unpaired) electrons. The molecule has 0 saturated heterocycles. The van der Waals surface area contributed by atoms with Crippen molar-refractivity contribution in [2.24, 2.45) is 0 Å². The molecule has 5 aromatic carbocycles. The fourth-order valence-electron chi connectivity index (χ4n) is 5.14. The number of rotatable bonds is 1. The van der Waals surface area contributed by atoms with E-state index in [0.29, 0.717) is 0 Å². The second kappa shape index (κ2) is 5.96. The summed E-state index contributed by atoms with van der Waals surface area (Å²) in [5.74, 6) is 0. The third-order valence-electron chi connectivity index (χ3n) is 6.82. The largest absolute Gasteiger partial charge is 0.398 e. The van der Waals surface area contributed by atoms with Crippen molar-refractivity contribution in [2.45, 2.75) is 19.3 Å². The van der Waals surface area contributed by atoms with E-state index in [2.05, 4.69) is 105 Å². The van der Waals surface area contributed by atoms with Crippen molar-refractivity contribution in [3.05, 3.63) is 102 Å². The highest BCUT2D eigenvalue weighted by Gasteiger charge is 2.35. The predicted octanol–water partition coefficient (Wildman–Crippen LogP) is 7.55. The topological polar surface area (TPSA) is 26.0 Å². The number of anilines is 1. The van der Waals surface area contributed by atoms with Crippen molar-refractivity contribution in [3.8, 4) is 22.3 Å². The van der Waals surface area contributed by atoms with Crippen molar-refractivity contribution in [3.63, 3.8) is 0 Å². The van der Waals surface area contributed by atoms with Gasteiger partial charge in [-0.3, -0.25) is 0 Å². The van der Waals surface area contributed by atoms with Crippen molar-refractivity contribution < 1.29 is 0 Å². The summed E-state index contributed by atoms with van der Waals surface area (Å²) >= 11 is 0. The van der Waals surface area contributed by atoms with Gasteiger partial charge in [-0.25, -0.2) is 0 Å². The molecule has 0 heterocycles. The van der Waals surface area contributed by atoms with Crippen molar-refractivity contribution >= 4 is 27.2 Å². The fourth-order valence-corrected chi connectivity index (χ4v) is 5.14. The minimum atomic E-state index is -0.0453. The molecule has 1 nitrogen and oxygen atoms in total. The lowest BCUT2D eigenvalue weighted by Gasteiger charge is -2.22. The van der Waals surface area contributed by atoms with Gasteiger partial charge in [0.05, 0.1) is 0 Å². The Kier molecular flexibility index (Phi) is 3.44. The molecular formula is C29H23N. The maximum absolute atomic E-state index is 6.62. The molecule has 0 spiro atoms. The first-order valence-corrected chi connectivity index (χ1v) is 10.5. The third kappa shape index (κ3) is 2.29. The Bertz CT molecular complexity index is 1470. The van der Waals surface area contributed by atoms with Gasteiger partial charge in [-0.05, 0) is 62.2 Å². The van der Waals surface area contributed by atoms with Crippen molar-refractivity contribution in [2.75, 3.05) is 5.73 Å². The monoisotopic (exact) mass is 385 g/mol. The predicted molar refractivity (Wildman–Crippen MR) is 129 cm³/mol. The minimum absolute atomic E-state index is 0.0453. The summed E-state index contributed by atoms with van der Waals surface area (Å²) in [5, 5.41) is 4.89. The molecule has 30 heavy (non-hydrogen) atoms. The molecule has 1 aliphatic carbocycles. The minimum Gasteiger partial charge on any atom is -0.398 e. The standard InChI is InChI=1S/C29H23N/c1-29(2)26-17-21(23-13-11-18-7-5-6-10-22(18)28(23)30)12-14-24(26)25-15-19-8-3-4-9-20(19)16-27(25)29/h3-17H,30H2,1-2H3. The summed E-state index contributed by atoms with van der Waals surface area (Å²) in [7, 11) is 0. The van der Waals surface area contributed by atoms with Crippen LogP contribution in [-0.4, -0.2) is 0 Å². The molecule has 0 bridgehead atoms. The van der Waals surface area contributed by atoms with E-state index in [1.54, 1.807) is 0 Å². The Balaban J connectivity index is 1.57. The zero-order chi connectivity index (χ0) is 20.5. The molecule has 0 aromatic heterocycles. The molecule has 144 valence electrons. The zero-order valence-corrected chi connectivity index (χ0v) is 17.2. The SMILES string of the molecule is CC1(C)c2cc(-c3ccc4ccccc4c3N)ccc2-c2cc3ccccc3cc21. The van der Waals surface area contributed by atoms with Crippen molar-refractivity contribution in [1.29, 1.82) is 0 Å². The van der Waals surface area contributed by atoms with Gasteiger partial charge in [0.15, 0.2) is 0 Å². The summed E-state index contributed by atoms with van der Waals surface area (Å²) in [4.78, 5) is 0. The number of fused-ring (bicyclic) bond motifs is 5. The molecule has 0 saturated carbocycles. The highest BCUT2D eigenvalue weighted by molar-refractivity contribution is 6.01. The smallest absolute Gasteiger partial charge is 0.0473 e. The van der Waals surface area contributed by atoms with E-state index in [4.69, 9.17) is 5.73 Å². The molecule has 0 atom stereocenters. The molecule has 6 rings (SSSR count). The van der Waals surface area contributed by atoms with Gasteiger partial charge in [0.2, 0.25) is 0 Å². The van der Waals surface area contributed by atoms with E-state index in [0.717, 1.165) is 16.6 Å². The highest BCUT2D eigenvalue weighted by atomic mass is 14.6. The van der Waals surface area contributed by atoms with Crippen LogP contribution in [0.2, 0.25) is 0 Å². The number of nitrogens with two attached hydrogens (primary N) is 1. The number of hydrogen-bond donors (Lipinski definition) is 1. The van der Waals surface area contributed by atoms with Gasteiger partial charge in [-0.15, -0.1) is 0 Å². The van der Waals surface area contributed by atoms with Crippen LogP contribution in [-0.2, 0) is 5.41 Å². The van der Waals surface area contributed by atoms with Crippen LogP contribution >= 0.6 is 0 Å². The van der Waals surface area contributed by atoms with E-state index in [-0.39, 0.29) is 5.41 Å². The molecule has 1 heteroatoms. The molecule has 2 N–H and O–H groups in total. The van der Waals surface area contributed by atoms with Crippen LogP contribution in [0, 0.1) is 0 Å². The van der Waals surface area contributed by atoms with E-state index in [1.807, 2.05) is 0 Å². The van der Waals surface area contributed by atoms with Gasteiger partial charge in [-0.1, -0.05) is 86.6 Å². The summed E-state index contributed by atoms with van der Waals surface area (Å²) in [6.45, 7) is 4.67. The molecular weight excluding hydrogens is 362 g/mol. The number of hydrogen-bond acceptors (Lipinski definition) is 1. The van der Waals surface area contributed by atoms with E-state index in [1.165, 1.54) is 44.0 Å². The molecule has 5 aromatic rings. The van der Waals surface area contributed by atoms with Gasteiger partial charge >= 0.3 is 0 Å². The van der Waals surface area contributed by atoms with Crippen LogP contribution in [0.25, 0.3) is 43.8 Å². The normalized spacial score (nSPS) is 14.1. The van der Waals surface area contributed by atoms with E-state index < -0.39 is 0 Å². The Morgan fingerprint density at radius 3 is 2.00 bits per heavy atom. The van der Waals surface area contributed by atoms with Crippen LogP contribution in [0.3, 0.4) is 0 Å². The van der Waals surface area contributed by atoms with Gasteiger partial charge in [0.1, 0.15) is 0 Å². The van der Waals surface area contributed by atoms with E-state index in [9.17, 15) is 0 Å². The van der Waals surface area contributed by atoms with Crippen LogP contribution in [0.5, 0.6) is 0 Å². The molecule has 0 fully saturated rings. The molecule has 1 aliphatic rings. The summed E-state index contributed by atoms with van der Waals surface area (Å²) in [5.41, 5.74) is 15.2. The fraction of sp³-hybridized carbons (Fsp3) is 0.103. The first kappa shape index (κ1) is 17.3. The van der Waals surface area contributed by atoms with Crippen LogP contribution in [0.4, 0.5) is 5.69 Å². The lowest BCUT2D eigenvalue weighted by molar-refractivity contribution is 0.661. The second-order valence-electron chi connectivity index (χ2n) is 8.88. The first-order valence-electron chi connectivity index (χ1n) is 10.5. The Morgan fingerprint density at radius 2 is 1.20 bits per heavy atom. The quantitative estimate of drug-likeness (QED) is 0.296. The second-order valence-corrected chi connectivity index (χ2v) is 8.88. The van der Waals surface area contributed by atoms with E-state index >= 15 is 0 Å². The molecule has 0 aliphatic heterocycles. The van der Waals surface area contributed by atoms with Crippen LogP contribution < -0.4 is 5.73 Å². The summed E-state index contributed by atoms with van der Waals surface area (Å²) < 4.78 is 0. The lowest BCUT2D eigenvalue weighted by Crippen LogP contribution is -2.15. The maximum Gasteiger partial charge on any atom is 0.0473 e. The van der Waals surface area contributed by atoms with Gasteiger partial charge in [0.25, 0.3) is 0 Å². The lowest BCUT2D eigenvalue weighted by atomic mass is 9.81. The van der Waals surface area contributed by atoms with Gasteiger partial charge in [0, 0.05) is 22.1 Å². The van der Waals surface area contributed by atoms with Crippen molar-refractivity contribution in [1.82, 2.24) is 0 Å². The molecule has 0 unspecified atom stereocenters. The first-order chi connectivity index (χ1) is 14.5. The van der Waals surface area contributed by atoms with Crippen LogP contribution in [0.1, 0.15) is 25.0 Å². The summed E-state index contributed by atoms with van der Waals surface area (Å²) in [6.07, 6.45) is 0. The summed E-state index contributed by atoms with van der Waals surface area (Å²) in [6, 6.07) is 32.8. The third-order valence-corrected chi connectivity index (χ3v) is 6.82. The Hall–Kier alpha value is -3.58. The van der Waals surface area contributed by atoms with Gasteiger partial charge < -0.3 is 5.73 Å². The maximum atomic E-state index is 6.62. The number of benzene rings is 5. The molecule has 0 amide bonds. The Labute approximate surface area is 176 Å². The van der Waals surface area contributed by atoms with Gasteiger partial charge in [-0.2, -0.15) is 0 Å². The Morgan fingerprint density at radius 1 is 0.567 bits per heavy atom. The highest BCUT2D eigenvalue weighted by Crippen LogP contribution is 2.51. The average molecular weight is 386 g/mol.